The molecule has 2 heterocycles. The van der Waals surface area contributed by atoms with Crippen LogP contribution in [0.4, 0.5) is 0 Å². The molecule has 3 fully saturated rings. The summed E-state index contributed by atoms with van der Waals surface area (Å²) in [5.74, 6) is -0.821. The summed E-state index contributed by atoms with van der Waals surface area (Å²) in [6.45, 7) is -1.20. The lowest BCUT2D eigenvalue weighted by Gasteiger charge is -2.52. The first-order valence-electron chi connectivity index (χ1n) is 14.1. The third-order valence-corrected chi connectivity index (χ3v) is 8.33. The molecule has 242 valence electrons. The van der Waals surface area contributed by atoms with Gasteiger partial charge in [-0.05, 0) is 12.8 Å². The molecular weight excluding hydrogens is 548 g/mol. The van der Waals surface area contributed by atoms with Gasteiger partial charge in [0.15, 0.2) is 6.29 Å². The van der Waals surface area contributed by atoms with E-state index in [1.807, 2.05) is 0 Å². The van der Waals surface area contributed by atoms with Crippen LogP contribution in [0.5, 0.6) is 0 Å². The molecule has 15 atom stereocenters. The van der Waals surface area contributed by atoms with Gasteiger partial charge in [-0.3, -0.25) is 0 Å². The predicted molar refractivity (Wildman–Crippen MR) is 143 cm³/mol. The Morgan fingerprint density at radius 3 is 2.12 bits per heavy atom. The average Bonchev–Trinajstić information content (AvgIpc) is 2.95. The van der Waals surface area contributed by atoms with Crippen molar-refractivity contribution in [2.75, 3.05) is 39.5 Å². The lowest BCUT2D eigenvalue weighted by molar-refractivity contribution is -0.307. The van der Waals surface area contributed by atoms with Crippen LogP contribution in [0.15, 0.2) is 0 Å². The maximum Gasteiger partial charge on any atom is 0.186 e. The summed E-state index contributed by atoms with van der Waals surface area (Å²) < 4.78 is 17.8. The first-order chi connectivity index (χ1) is 19.5. The van der Waals surface area contributed by atoms with Crippen LogP contribution in [0.3, 0.4) is 0 Å². The molecule has 41 heavy (non-hydrogen) atoms. The number of nitrogens with one attached hydrogen (secondary N) is 2. The molecule has 3 rings (SSSR count). The van der Waals surface area contributed by atoms with Gasteiger partial charge in [0.2, 0.25) is 0 Å². The fraction of sp³-hybridized carbons (Fsp3) is 1.00. The van der Waals surface area contributed by atoms with Gasteiger partial charge in [0.1, 0.15) is 24.4 Å². The van der Waals surface area contributed by atoms with E-state index in [1.54, 1.807) is 0 Å². The highest BCUT2D eigenvalue weighted by Crippen LogP contribution is 2.36. The normalized spacial score (nSPS) is 44.7. The summed E-state index contributed by atoms with van der Waals surface area (Å²) in [6, 6.07) is -4.67. The molecule has 18 N–H and O–H groups in total. The monoisotopic (exact) mass is 598 g/mol. The zero-order valence-electron chi connectivity index (χ0n) is 23.0. The fourth-order valence-corrected chi connectivity index (χ4v) is 5.91. The Balaban J connectivity index is 1.83. The Hall–Kier alpha value is -0.680. The molecule has 2 saturated heterocycles. The lowest BCUT2D eigenvalue weighted by atomic mass is 9.72. The van der Waals surface area contributed by atoms with Gasteiger partial charge in [-0.2, -0.15) is 0 Å². The predicted octanol–water partition coefficient (Wildman–Crippen LogP) is -8.09. The van der Waals surface area contributed by atoms with Crippen LogP contribution in [0.1, 0.15) is 12.8 Å². The Kier molecular flexibility index (Phi) is 13.5. The van der Waals surface area contributed by atoms with Crippen LogP contribution >= 0.6 is 0 Å². The molecule has 0 aromatic heterocycles. The van der Waals surface area contributed by atoms with Crippen LogP contribution in [0.25, 0.3) is 0 Å². The van der Waals surface area contributed by atoms with E-state index >= 15 is 0 Å². The smallest absolute Gasteiger partial charge is 0.186 e. The Labute approximate surface area is 238 Å². The van der Waals surface area contributed by atoms with Gasteiger partial charge in [-0.1, -0.05) is 0 Å². The standard InChI is InChI=1S/C24H50N6O11/c25-9(5-31)3-29-4-15-14(35)2-12(27)22(39-15)17-11(26)1-13(30-10(6-32)7-33)23(20(17)37)41-24-21(38)18(28)19(36)16(8-34)40-24/h9-24,29-38H,1-8,25-28H2. The summed E-state index contributed by atoms with van der Waals surface area (Å²) in [7, 11) is 0. The highest BCUT2D eigenvalue weighted by atomic mass is 16.7. The molecular formula is C24H50N6O11. The van der Waals surface area contributed by atoms with E-state index in [-0.39, 0.29) is 32.5 Å². The van der Waals surface area contributed by atoms with Crippen molar-refractivity contribution in [3.05, 3.63) is 0 Å². The Morgan fingerprint density at radius 2 is 1.51 bits per heavy atom. The number of ether oxygens (including phenoxy) is 3. The summed E-state index contributed by atoms with van der Waals surface area (Å²) >= 11 is 0. The largest absolute Gasteiger partial charge is 0.395 e. The average molecular weight is 599 g/mol. The second-order valence-electron chi connectivity index (χ2n) is 11.4. The SMILES string of the molecule is NC(CO)CNCC1OC(C2C(N)CC(NC(CO)CO)C(OC3OC(CO)C(O)C(N)C3O)C2O)C(N)CC1O. The molecule has 0 spiro atoms. The minimum atomic E-state index is -1.52. The summed E-state index contributed by atoms with van der Waals surface area (Å²) in [5, 5.41) is 87.3. The van der Waals surface area contributed by atoms with Gasteiger partial charge < -0.3 is 88.6 Å². The quantitative estimate of drug-likeness (QED) is 0.0935. The molecule has 17 heteroatoms. The molecule has 0 bridgehead atoms. The summed E-state index contributed by atoms with van der Waals surface area (Å²) in [5.41, 5.74) is 24.6. The molecule has 0 aromatic rings. The topological polar surface area (TPSA) is 318 Å². The van der Waals surface area contributed by atoms with Crippen molar-refractivity contribution < 1.29 is 55.1 Å². The highest BCUT2D eigenvalue weighted by Gasteiger charge is 2.53. The summed E-state index contributed by atoms with van der Waals surface area (Å²) in [4.78, 5) is 0. The van der Waals surface area contributed by atoms with Gasteiger partial charge in [0.05, 0.1) is 62.9 Å². The molecule has 0 aromatic carbocycles. The van der Waals surface area contributed by atoms with E-state index in [9.17, 15) is 35.7 Å². The van der Waals surface area contributed by atoms with Crippen molar-refractivity contribution in [2.24, 2.45) is 28.9 Å². The maximum atomic E-state index is 11.7. The van der Waals surface area contributed by atoms with Crippen molar-refractivity contribution in [1.82, 2.24) is 10.6 Å². The van der Waals surface area contributed by atoms with Crippen LogP contribution in [-0.4, -0.2) is 172 Å². The molecule has 17 nitrogen and oxygen atoms in total. The van der Waals surface area contributed by atoms with E-state index in [2.05, 4.69) is 10.6 Å². The van der Waals surface area contributed by atoms with Gasteiger partial charge in [0, 0.05) is 43.2 Å². The maximum absolute atomic E-state index is 11.7. The van der Waals surface area contributed by atoms with Gasteiger partial charge >= 0.3 is 0 Å². The van der Waals surface area contributed by atoms with Crippen molar-refractivity contribution >= 4 is 0 Å². The Bertz CT molecular complexity index is 774. The van der Waals surface area contributed by atoms with Crippen molar-refractivity contribution in [3.63, 3.8) is 0 Å². The van der Waals surface area contributed by atoms with Crippen LogP contribution < -0.4 is 33.6 Å². The lowest BCUT2D eigenvalue weighted by Crippen LogP contribution is -2.70. The van der Waals surface area contributed by atoms with Crippen LogP contribution in [0.2, 0.25) is 0 Å². The highest BCUT2D eigenvalue weighted by molar-refractivity contribution is 5.06. The number of nitrogens with two attached hydrogens (primary N) is 4. The van der Waals surface area contributed by atoms with E-state index < -0.39 is 117 Å². The van der Waals surface area contributed by atoms with Crippen molar-refractivity contribution in [1.29, 1.82) is 0 Å². The zero-order valence-corrected chi connectivity index (χ0v) is 23.0. The van der Waals surface area contributed by atoms with Gasteiger partial charge in [-0.15, -0.1) is 0 Å². The number of aliphatic hydroxyl groups excluding tert-OH is 8. The fourth-order valence-electron chi connectivity index (χ4n) is 5.91. The molecule has 1 aliphatic carbocycles. The molecule has 3 aliphatic rings. The van der Waals surface area contributed by atoms with Crippen LogP contribution in [-0.2, 0) is 14.2 Å². The third-order valence-electron chi connectivity index (χ3n) is 8.33. The molecule has 15 unspecified atom stereocenters. The van der Waals surface area contributed by atoms with Crippen LogP contribution in [0, 0.1) is 5.92 Å². The van der Waals surface area contributed by atoms with Crippen molar-refractivity contribution in [3.8, 4) is 0 Å². The molecule has 1 saturated carbocycles. The van der Waals surface area contributed by atoms with Crippen molar-refractivity contribution in [2.45, 2.75) is 104 Å². The van der Waals surface area contributed by atoms with E-state index in [0.717, 1.165) is 0 Å². The minimum Gasteiger partial charge on any atom is -0.395 e. The van der Waals surface area contributed by atoms with E-state index in [4.69, 9.17) is 42.3 Å². The number of hydrogen-bond acceptors (Lipinski definition) is 17. The minimum absolute atomic E-state index is 0.151. The van der Waals surface area contributed by atoms with Gasteiger partial charge in [0.25, 0.3) is 0 Å². The molecule has 0 amide bonds. The number of rotatable bonds is 13. The van der Waals surface area contributed by atoms with E-state index in [1.165, 1.54) is 0 Å². The molecule has 0 radical (unpaired) electrons. The third kappa shape index (κ3) is 8.28. The van der Waals surface area contributed by atoms with Gasteiger partial charge in [-0.25, -0.2) is 0 Å². The summed E-state index contributed by atoms with van der Waals surface area (Å²) in [6.07, 6.45) is -10.2. The first-order valence-corrected chi connectivity index (χ1v) is 14.1. The second-order valence-corrected chi connectivity index (χ2v) is 11.4. The number of aliphatic hydroxyl groups is 8. The first kappa shape index (κ1) is 34.8. The number of hydrogen-bond donors (Lipinski definition) is 14. The zero-order chi connectivity index (χ0) is 30.4. The molecule has 2 aliphatic heterocycles. The van der Waals surface area contributed by atoms with E-state index in [0.29, 0.717) is 0 Å². The Morgan fingerprint density at radius 1 is 0.829 bits per heavy atom. The second kappa shape index (κ2) is 15.9.